The normalized spacial score (nSPS) is 12.9. The van der Waals surface area contributed by atoms with Crippen LogP contribution in [0.25, 0.3) is 0 Å². The molecule has 0 spiro atoms. The van der Waals surface area contributed by atoms with E-state index >= 15 is 0 Å². The van der Waals surface area contributed by atoms with Crippen LogP contribution in [-0.2, 0) is 17.4 Å². The Kier molecular flexibility index (Phi) is 3.63. The van der Waals surface area contributed by atoms with Gasteiger partial charge in [-0.1, -0.05) is 41.5 Å². The number of hydrogen-bond donors (Lipinski definition) is 1. The third kappa shape index (κ3) is 3.03. The number of rotatable bonds is 1. The van der Waals surface area contributed by atoms with Crippen molar-refractivity contribution in [3.8, 4) is 0 Å². The highest BCUT2D eigenvalue weighted by molar-refractivity contribution is 5.28. The summed E-state index contributed by atoms with van der Waals surface area (Å²) in [5.41, 5.74) is 3.39. The smallest absolute Gasteiger partial charge is 0.0882 e. The van der Waals surface area contributed by atoms with Crippen molar-refractivity contribution >= 4 is 0 Å². The van der Waals surface area contributed by atoms with Crippen molar-refractivity contribution in [3.05, 3.63) is 22.8 Å². The predicted octanol–water partition coefficient (Wildman–Crippen LogP) is 2.87. The van der Waals surface area contributed by atoms with Crippen LogP contribution in [0.15, 0.2) is 0 Å². The number of aromatic nitrogens is 2. The first-order valence-corrected chi connectivity index (χ1v) is 6.06. The van der Waals surface area contributed by atoms with E-state index in [0.29, 0.717) is 5.69 Å². The molecule has 17 heavy (non-hydrogen) atoms. The molecule has 0 atom stereocenters. The van der Waals surface area contributed by atoms with Crippen LogP contribution in [0.4, 0.5) is 0 Å². The molecule has 3 heteroatoms. The van der Waals surface area contributed by atoms with E-state index in [4.69, 9.17) is 0 Å². The van der Waals surface area contributed by atoms with Crippen LogP contribution < -0.4 is 0 Å². The molecule has 0 unspecified atom stereocenters. The molecule has 0 aromatic carbocycles. The molecule has 1 aromatic rings. The van der Waals surface area contributed by atoms with E-state index in [-0.39, 0.29) is 17.4 Å². The molecule has 1 heterocycles. The maximum atomic E-state index is 9.46. The van der Waals surface area contributed by atoms with E-state index in [1.165, 1.54) is 0 Å². The molecule has 3 nitrogen and oxygen atoms in total. The Bertz CT molecular complexity index is 411. The number of aryl methyl sites for hydroxylation is 1. The van der Waals surface area contributed by atoms with Gasteiger partial charge in [0.1, 0.15) is 0 Å². The SMILES string of the molecule is Cc1nc(C(C)(C)C)c(CO)nc1C(C)(C)C. The van der Waals surface area contributed by atoms with Gasteiger partial charge in [-0.25, -0.2) is 0 Å². The van der Waals surface area contributed by atoms with E-state index in [1.54, 1.807) is 0 Å². The number of nitrogens with zero attached hydrogens (tertiary/aromatic N) is 2. The van der Waals surface area contributed by atoms with E-state index in [9.17, 15) is 5.11 Å². The Balaban J connectivity index is 3.46. The summed E-state index contributed by atoms with van der Waals surface area (Å²) >= 11 is 0. The highest BCUT2D eigenvalue weighted by atomic mass is 16.3. The van der Waals surface area contributed by atoms with Crippen molar-refractivity contribution in [2.24, 2.45) is 0 Å². The number of aliphatic hydroxyl groups excluding tert-OH is 1. The van der Waals surface area contributed by atoms with E-state index in [1.807, 2.05) is 6.92 Å². The summed E-state index contributed by atoms with van der Waals surface area (Å²) in [6.07, 6.45) is 0. The van der Waals surface area contributed by atoms with Gasteiger partial charge >= 0.3 is 0 Å². The van der Waals surface area contributed by atoms with Crippen molar-refractivity contribution < 1.29 is 5.11 Å². The molecule has 0 fully saturated rings. The van der Waals surface area contributed by atoms with Crippen LogP contribution in [0, 0.1) is 6.92 Å². The first-order chi connectivity index (χ1) is 7.57. The lowest BCUT2D eigenvalue weighted by atomic mass is 9.87. The monoisotopic (exact) mass is 236 g/mol. The predicted molar refractivity (Wildman–Crippen MR) is 70.1 cm³/mol. The minimum absolute atomic E-state index is 0.0442. The first kappa shape index (κ1) is 14.1. The third-order valence-corrected chi connectivity index (χ3v) is 2.71. The zero-order valence-corrected chi connectivity index (χ0v) is 12.0. The molecular weight excluding hydrogens is 212 g/mol. The summed E-state index contributed by atoms with van der Waals surface area (Å²) in [6, 6.07) is 0. The number of aliphatic hydroxyl groups is 1. The lowest BCUT2D eigenvalue weighted by Gasteiger charge is -2.26. The molecule has 0 radical (unpaired) electrons. The van der Waals surface area contributed by atoms with Gasteiger partial charge in [0.05, 0.1) is 29.4 Å². The highest BCUT2D eigenvalue weighted by Crippen LogP contribution is 2.28. The van der Waals surface area contributed by atoms with Gasteiger partial charge in [-0.3, -0.25) is 9.97 Å². The molecule has 1 rings (SSSR count). The van der Waals surface area contributed by atoms with Crippen LogP contribution in [0.2, 0.25) is 0 Å². The fourth-order valence-corrected chi connectivity index (χ4v) is 1.98. The van der Waals surface area contributed by atoms with Crippen molar-refractivity contribution in [2.75, 3.05) is 0 Å². The van der Waals surface area contributed by atoms with Gasteiger partial charge in [0.2, 0.25) is 0 Å². The van der Waals surface area contributed by atoms with Gasteiger partial charge < -0.3 is 5.11 Å². The Hall–Kier alpha value is -0.960. The summed E-state index contributed by atoms with van der Waals surface area (Å²) in [6.45, 7) is 14.5. The second-order valence-corrected chi connectivity index (χ2v) is 6.61. The molecule has 0 saturated carbocycles. The summed E-state index contributed by atoms with van der Waals surface area (Å²) in [5, 5.41) is 9.46. The van der Waals surface area contributed by atoms with Crippen molar-refractivity contribution in [2.45, 2.75) is 65.9 Å². The zero-order valence-electron chi connectivity index (χ0n) is 12.0. The molecule has 0 amide bonds. The first-order valence-electron chi connectivity index (χ1n) is 6.06. The highest BCUT2D eigenvalue weighted by Gasteiger charge is 2.26. The summed E-state index contributed by atoms with van der Waals surface area (Å²) in [7, 11) is 0. The second kappa shape index (κ2) is 4.37. The third-order valence-electron chi connectivity index (χ3n) is 2.71. The van der Waals surface area contributed by atoms with E-state index in [2.05, 4.69) is 51.5 Å². The molecule has 96 valence electrons. The van der Waals surface area contributed by atoms with Gasteiger partial charge in [-0.05, 0) is 6.92 Å². The molecule has 1 aromatic heterocycles. The minimum atomic E-state index is -0.0910. The molecule has 0 saturated heterocycles. The quantitative estimate of drug-likeness (QED) is 0.815. The average Bonchev–Trinajstić information content (AvgIpc) is 2.14. The molecule has 0 aliphatic carbocycles. The Morgan fingerprint density at radius 1 is 0.882 bits per heavy atom. The van der Waals surface area contributed by atoms with Crippen molar-refractivity contribution in [1.82, 2.24) is 9.97 Å². The Labute approximate surface area is 104 Å². The maximum Gasteiger partial charge on any atom is 0.0882 e. The Morgan fingerprint density at radius 3 is 1.71 bits per heavy atom. The molecule has 1 N–H and O–H groups in total. The van der Waals surface area contributed by atoms with Gasteiger partial charge in [-0.2, -0.15) is 0 Å². The largest absolute Gasteiger partial charge is 0.390 e. The maximum absolute atomic E-state index is 9.46. The summed E-state index contributed by atoms with van der Waals surface area (Å²) in [4.78, 5) is 9.28. The molecule has 0 bridgehead atoms. The summed E-state index contributed by atoms with van der Waals surface area (Å²) in [5.74, 6) is 0. The van der Waals surface area contributed by atoms with Gasteiger partial charge in [-0.15, -0.1) is 0 Å². The van der Waals surface area contributed by atoms with Crippen LogP contribution in [0.1, 0.15) is 64.3 Å². The minimum Gasteiger partial charge on any atom is -0.390 e. The lowest BCUT2D eigenvalue weighted by molar-refractivity contribution is 0.270. The van der Waals surface area contributed by atoms with Gasteiger partial charge in [0.15, 0.2) is 0 Å². The van der Waals surface area contributed by atoms with Crippen LogP contribution in [-0.4, -0.2) is 15.1 Å². The van der Waals surface area contributed by atoms with E-state index < -0.39 is 0 Å². The Morgan fingerprint density at radius 2 is 1.35 bits per heavy atom. The fourth-order valence-electron chi connectivity index (χ4n) is 1.98. The summed E-state index contributed by atoms with van der Waals surface area (Å²) < 4.78 is 0. The van der Waals surface area contributed by atoms with E-state index in [0.717, 1.165) is 17.1 Å². The van der Waals surface area contributed by atoms with Gasteiger partial charge in [0.25, 0.3) is 0 Å². The lowest BCUT2D eigenvalue weighted by Crippen LogP contribution is -2.24. The number of hydrogen-bond acceptors (Lipinski definition) is 3. The zero-order chi connectivity index (χ0) is 13.4. The fraction of sp³-hybridized carbons (Fsp3) is 0.714. The molecular formula is C14H24N2O. The van der Waals surface area contributed by atoms with Crippen LogP contribution >= 0.6 is 0 Å². The second-order valence-electron chi connectivity index (χ2n) is 6.61. The topological polar surface area (TPSA) is 46.0 Å². The van der Waals surface area contributed by atoms with Crippen molar-refractivity contribution in [3.63, 3.8) is 0 Å². The van der Waals surface area contributed by atoms with Crippen molar-refractivity contribution in [1.29, 1.82) is 0 Å². The van der Waals surface area contributed by atoms with Crippen LogP contribution in [0.3, 0.4) is 0 Å². The van der Waals surface area contributed by atoms with Crippen LogP contribution in [0.5, 0.6) is 0 Å². The standard InChI is InChI=1S/C14H24N2O/c1-9-11(13(2,3)4)16-10(8-17)12(15-9)14(5,6)7/h17H,8H2,1-7H3. The average molecular weight is 236 g/mol. The molecule has 0 aliphatic heterocycles. The van der Waals surface area contributed by atoms with Gasteiger partial charge in [0, 0.05) is 10.8 Å². The molecule has 0 aliphatic rings.